The Morgan fingerprint density at radius 2 is 2.00 bits per heavy atom. The average Bonchev–Trinajstić information content (AvgIpc) is 2.65. The summed E-state index contributed by atoms with van der Waals surface area (Å²) in [6.45, 7) is 3.99. The van der Waals surface area contributed by atoms with Crippen LogP contribution in [0.25, 0.3) is 0 Å². The highest BCUT2D eigenvalue weighted by molar-refractivity contribution is 7.80. The molecule has 2 aromatic rings. The van der Waals surface area contributed by atoms with Crippen LogP contribution in [-0.4, -0.2) is 22.6 Å². The maximum atomic E-state index is 13.2. The molecule has 0 aromatic heterocycles. The summed E-state index contributed by atoms with van der Waals surface area (Å²) in [5, 5.41) is 16.8. The molecule has 0 aliphatic carbocycles. The van der Waals surface area contributed by atoms with Crippen molar-refractivity contribution in [1.82, 2.24) is 10.6 Å². The summed E-state index contributed by atoms with van der Waals surface area (Å²) < 4.78 is 5.47. The highest BCUT2D eigenvalue weighted by atomic mass is 35.5. The van der Waals surface area contributed by atoms with Crippen molar-refractivity contribution in [2.75, 3.05) is 6.61 Å². The second kappa shape index (κ2) is 7.98. The number of aromatic hydroxyl groups is 1. The maximum Gasteiger partial charge on any atom is 0.193 e. The standard InChI is InChI=1S/C20H19ClN2O3S/c1-3-26-15-10-13(9-14(21)19(15)25)17-16(11(2)22-20(27)23-17)18(24)12-7-5-4-6-8-12/h4-10,17,25H,3H2,1-2H3,(H2,22,23,27). The first kappa shape index (κ1) is 19.2. The van der Waals surface area contributed by atoms with E-state index < -0.39 is 6.04 Å². The van der Waals surface area contributed by atoms with Crippen molar-refractivity contribution in [3.8, 4) is 11.5 Å². The summed E-state index contributed by atoms with van der Waals surface area (Å²) in [5.74, 6) is 0.00795. The molecule has 3 rings (SSSR count). The molecular formula is C20H19ClN2O3S. The van der Waals surface area contributed by atoms with Gasteiger partial charge in [0.05, 0.1) is 17.7 Å². The Bertz CT molecular complexity index is 928. The lowest BCUT2D eigenvalue weighted by Gasteiger charge is -2.31. The molecule has 140 valence electrons. The van der Waals surface area contributed by atoms with E-state index in [9.17, 15) is 9.90 Å². The van der Waals surface area contributed by atoms with Gasteiger partial charge in [0.1, 0.15) is 0 Å². The van der Waals surface area contributed by atoms with E-state index in [-0.39, 0.29) is 22.3 Å². The molecule has 0 saturated carbocycles. The first-order valence-electron chi connectivity index (χ1n) is 8.45. The van der Waals surface area contributed by atoms with Crippen LogP contribution in [0, 0.1) is 0 Å². The number of phenols is 1. The molecule has 1 heterocycles. The van der Waals surface area contributed by atoms with Crippen LogP contribution in [0.4, 0.5) is 0 Å². The van der Waals surface area contributed by atoms with Crippen LogP contribution >= 0.6 is 23.8 Å². The van der Waals surface area contributed by atoms with Gasteiger partial charge >= 0.3 is 0 Å². The lowest BCUT2D eigenvalue weighted by Crippen LogP contribution is -2.44. The van der Waals surface area contributed by atoms with E-state index in [1.54, 1.807) is 24.3 Å². The maximum absolute atomic E-state index is 13.2. The van der Waals surface area contributed by atoms with Gasteiger partial charge in [-0.15, -0.1) is 0 Å². The van der Waals surface area contributed by atoms with Gasteiger partial charge in [-0.05, 0) is 43.8 Å². The van der Waals surface area contributed by atoms with Crippen LogP contribution in [0.1, 0.15) is 35.8 Å². The largest absolute Gasteiger partial charge is 0.503 e. The zero-order valence-corrected chi connectivity index (χ0v) is 16.4. The topological polar surface area (TPSA) is 70.6 Å². The molecular weight excluding hydrogens is 384 g/mol. The van der Waals surface area contributed by atoms with Gasteiger partial charge in [-0.1, -0.05) is 41.9 Å². The van der Waals surface area contributed by atoms with E-state index in [0.29, 0.717) is 34.1 Å². The first-order chi connectivity index (χ1) is 12.9. The molecule has 0 bridgehead atoms. The average molecular weight is 403 g/mol. The summed E-state index contributed by atoms with van der Waals surface area (Å²) in [6, 6.07) is 11.8. The van der Waals surface area contributed by atoms with Gasteiger partial charge in [0.25, 0.3) is 0 Å². The van der Waals surface area contributed by atoms with Gasteiger partial charge in [0, 0.05) is 16.8 Å². The van der Waals surface area contributed by atoms with Crippen molar-refractivity contribution >= 4 is 34.7 Å². The molecule has 0 amide bonds. The number of hydrogen-bond donors (Lipinski definition) is 3. The number of ether oxygens (including phenoxy) is 1. The van der Waals surface area contributed by atoms with E-state index >= 15 is 0 Å². The molecule has 3 N–H and O–H groups in total. The monoisotopic (exact) mass is 402 g/mol. The molecule has 27 heavy (non-hydrogen) atoms. The van der Waals surface area contributed by atoms with Gasteiger partial charge in [-0.25, -0.2) is 0 Å². The quantitative estimate of drug-likeness (QED) is 0.516. The smallest absolute Gasteiger partial charge is 0.193 e. The number of carbonyl (C=O) groups excluding carboxylic acids is 1. The molecule has 0 saturated heterocycles. The van der Waals surface area contributed by atoms with Crippen LogP contribution in [0.15, 0.2) is 53.7 Å². The number of benzene rings is 2. The number of Topliss-reactive ketones (excluding diaryl/α,β-unsaturated/α-hetero) is 1. The zero-order valence-electron chi connectivity index (χ0n) is 14.9. The lowest BCUT2D eigenvalue weighted by molar-refractivity contribution is 0.102. The highest BCUT2D eigenvalue weighted by Crippen LogP contribution is 2.39. The number of halogens is 1. The van der Waals surface area contributed by atoms with E-state index in [0.717, 1.165) is 0 Å². The molecule has 1 aliphatic heterocycles. The Morgan fingerprint density at radius 3 is 2.67 bits per heavy atom. The number of thiocarbonyl (C=S) groups is 1. The third kappa shape index (κ3) is 3.91. The van der Waals surface area contributed by atoms with Crippen molar-refractivity contribution in [3.05, 3.63) is 69.9 Å². The Labute approximate surface area is 168 Å². The van der Waals surface area contributed by atoms with Crippen molar-refractivity contribution in [1.29, 1.82) is 0 Å². The molecule has 0 fully saturated rings. The van der Waals surface area contributed by atoms with Crippen LogP contribution in [-0.2, 0) is 0 Å². The second-order valence-corrected chi connectivity index (χ2v) is 6.86. The van der Waals surface area contributed by atoms with Crippen LogP contribution < -0.4 is 15.4 Å². The molecule has 1 unspecified atom stereocenters. The summed E-state index contributed by atoms with van der Waals surface area (Å²) in [4.78, 5) is 13.2. The predicted molar refractivity (Wildman–Crippen MR) is 109 cm³/mol. The molecule has 0 radical (unpaired) electrons. The number of ketones is 1. The van der Waals surface area contributed by atoms with Gasteiger partial charge in [0.15, 0.2) is 22.4 Å². The van der Waals surface area contributed by atoms with Crippen molar-refractivity contribution < 1.29 is 14.6 Å². The summed E-state index contributed by atoms with van der Waals surface area (Å²) in [5.41, 5.74) is 2.44. The fraction of sp³-hybridized carbons (Fsp3) is 0.200. The minimum atomic E-state index is -0.524. The van der Waals surface area contributed by atoms with E-state index in [1.807, 2.05) is 32.0 Å². The second-order valence-electron chi connectivity index (χ2n) is 6.05. The zero-order chi connectivity index (χ0) is 19.6. The highest BCUT2D eigenvalue weighted by Gasteiger charge is 2.31. The Balaban J connectivity index is 2.11. The van der Waals surface area contributed by atoms with Crippen molar-refractivity contribution in [2.45, 2.75) is 19.9 Å². The fourth-order valence-electron chi connectivity index (χ4n) is 3.02. The van der Waals surface area contributed by atoms with Crippen molar-refractivity contribution in [3.63, 3.8) is 0 Å². The molecule has 1 aliphatic rings. The number of nitrogens with one attached hydrogen (secondary N) is 2. The van der Waals surface area contributed by atoms with E-state index in [2.05, 4.69) is 10.6 Å². The number of hydrogen-bond acceptors (Lipinski definition) is 4. The van der Waals surface area contributed by atoms with E-state index in [1.165, 1.54) is 0 Å². The lowest BCUT2D eigenvalue weighted by atomic mass is 9.89. The van der Waals surface area contributed by atoms with Gasteiger partial charge in [-0.3, -0.25) is 4.79 Å². The third-order valence-electron chi connectivity index (χ3n) is 4.23. The number of rotatable bonds is 5. The molecule has 7 heteroatoms. The Kier molecular flexibility index (Phi) is 5.68. The first-order valence-corrected chi connectivity index (χ1v) is 9.24. The van der Waals surface area contributed by atoms with Gasteiger partial charge in [0.2, 0.25) is 0 Å². The van der Waals surface area contributed by atoms with Crippen molar-refractivity contribution in [2.24, 2.45) is 0 Å². The summed E-state index contributed by atoms with van der Waals surface area (Å²) >= 11 is 11.5. The summed E-state index contributed by atoms with van der Waals surface area (Å²) in [6.07, 6.45) is 0. The fourth-order valence-corrected chi connectivity index (χ4v) is 3.51. The number of phenolic OH excluding ortho intramolecular Hbond substituents is 1. The normalized spacial score (nSPS) is 16.6. The van der Waals surface area contributed by atoms with Crippen LogP contribution in [0.3, 0.4) is 0 Å². The molecule has 5 nitrogen and oxygen atoms in total. The van der Waals surface area contributed by atoms with Crippen LogP contribution in [0.5, 0.6) is 11.5 Å². The Hall–Kier alpha value is -2.57. The SMILES string of the molecule is CCOc1cc(C2NC(=S)NC(C)=C2C(=O)c2ccccc2)cc(Cl)c1O. The molecule has 2 aromatic carbocycles. The predicted octanol–water partition coefficient (Wildman–Crippen LogP) is 4.12. The van der Waals surface area contributed by atoms with Gasteiger partial charge < -0.3 is 20.5 Å². The Morgan fingerprint density at radius 1 is 1.30 bits per heavy atom. The third-order valence-corrected chi connectivity index (χ3v) is 4.74. The van der Waals surface area contributed by atoms with Crippen LogP contribution in [0.2, 0.25) is 5.02 Å². The number of carbonyl (C=O) groups is 1. The minimum absolute atomic E-state index is 0.122. The molecule has 1 atom stereocenters. The van der Waals surface area contributed by atoms with E-state index in [4.69, 9.17) is 28.6 Å². The summed E-state index contributed by atoms with van der Waals surface area (Å²) in [7, 11) is 0. The molecule has 0 spiro atoms. The number of allylic oxidation sites excluding steroid dienone is 1. The van der Waals surface area contributed by atoms with Gasteiger partial charge in [-0.2, -0.15) is 0 Å². The minimum Gasteiger partial charge on any atom is -0.503 e.